The van der Waals surface area contributed by atoms with Gasteiger partial charge in [-0.1, -0.05) is 80.6 Å². The maximum absolute atomic E-state index is 15.2. The monoisotopic (exact) mass is 1020 g/mol. The molecule has 2 saturated carbocycles. The second kappa shape index (κ2) is 20.6. The van der Waals surface area contributed by atoms with E-state index in [1.54, 1.807) is 54.6 Å². The van der Waals surface area contributed by atoms with E-state index in [2.05, 4.69) is 16.0 Å². The summed E-state index contributed by atoms with van der Waals surface area (Å²) in [6.45, 7) is 4.84. The Labute approximate surface area is 414 Å². The van der Waals surface area contributed by atoms with E-state index < -0.39 is 148 Å². The first-order valence-electron chi connectivity index (χ1n) is 23.0. The summed E-state index contributed by atoms with van der Waals surface area (Å²) in [4.78, 5) is 97.7. The Hall–Kier alpha value is -6.40. The van der Waals surface area contributed by atoms with E-state index in [9.17, 15) is 52.3 Å². The van der Waals surface area contributed by atoms with Crippen LogP contribution >= 0.6 is 0 Å². The first-order valence-corrected chi connectivity index (χ1v) is 24.6. The van der Waals surface area contributed by atoms with Crippen molar-refractivity contribution in [3.63, 3.8) is 0 Å². The minimum absolute atomic E-state index is 0.0103. The van der Waals surface area contributed by atoms with Gasteiger partial charge in [0.2, 0.25) is 12.0 Å². The number of rotatable bonds is 16. The van der Waals surface area contributed by atoms with Crippen molar-refractivity contribution in [2.24, 2.45) is 16.7 Å². The fourth-order valence-corrected chi connectivity index (χ4v) is 11.1. The van der Waals surface area contributed by atoms with Gasteiger partial charge >= 0.3 is 23.9 Å². The summed E-state index contributed by atoms with van der Waals surface area (Å²) in [5.41, 5.74) is -8.01. The summed E-state index contributed by atoms with van der Waals surface area (Å²) in [7, 11) is -4.75. The number of carbonyl (C=O) groups excluding carboxylic acids is 7. The lowest BCUT2D eigenvalue weighted by Gasteiger charge is -2.67. The minimum Gasteiger partial charge on any atom is -0.747 e. The Morgan fingerprint density at radius 1 is 0.875 bits per heavy atom. The Morgan fingerprint density at radius 2 is 1.47 bits per heavy atom. The number of amides is 2. The molecule has 2 amide bonds. The van der Waals surface area contributed by atoms with Gasteiger partial charge in [0.1, 0.15) is 52.7 Å². The fourth-order valence-electron chi connectivity index (χ4n) is 10.7. The third-order valence-electron chi connectivity index (χ3n) is 14.4. The lowest BCUT2D eigenvalue weighted by molar-refractivity contribution is -0.346. The first-order chi connectivity index (χ1) is 33.9. The average molecular weight is 1020 g/mol. The maximum Gasteiger partial charge on any atom is 0.350 e. The van der Waals surface area contributed by atoms with Crippen LogP contribution in [0.5, 0.6) is 0 Å². The lowest BCUT2D eigenvalue weighted by atomic mass is 9.44. The molecule has 1 heterocycles. The van der Waals surface area contributed by atoms with Crippen LogP contribution in [0.3, 0.4) is 0 Å². The molecule has 0 radical (unpaired) electrons. The highest BCUT2D eigenvalue weighted by atomic mass is 32.2. The highest BCUT2D eigenvalue weighted by Crippen LogP contribution is 2.64. The van der Waals surface area contributed by atoms with Crippen LogP contribution in [-0.4, -0.2) is 143 Å². The number of ketones is 1. The Morgan fingerprint density at radius 3 is 2.04 bits per heavy atom. The SMILES string of the molecule is CC(=O)O[C@@]12CO[C@@H]1C[C@H](O)[C@@]1(C)C(=O)[C@H](O)C3=C(C)[C@@H](OC(=O)[C@H](OC(=O)CNC(=O)CNCS(=O)(=O)[O-])[C@@H](NC(=O)c4ccccc4)c4ccccc4)C[C@@](O)(C(OC(=O)c4ccccc4)C12)C3(C)C. The van der Waals surface area contributed by atoms with Crippen molar-refractivity contribution >= 4 is 51.6 Å². The quantitative estimate of drug-likeness (QED) is 0.0503. The van der Waals surface area contributed by atoms with Gasteiger partial charge in [0.15, 0.2) is 11.4 Å². The third kappa shape index (κ3) is 10.2. The predicted molar refractivity (Wildman–Crippen MR) is 248 cm³/mol. The first kappa shape index (κ1) is 53.4. The zero-order chi connectivity index (χ0) is 52.6. The van der Waals surface area contributed by atoms with Crippen molar-refractivity contribution in [3.8, 4) is 0 Å². The van der Waals surface area contributed by atoms with Crippen LogP contribution < -0.4 is 16.0 Å². The molecular weight excluding hydrogens is 963 g/mol. The standard InChI is InChI=1S/C50H57N3O18S/c1-27-32(68-46(62)40(69-36(57)24-52-35(56)23-51-26-72(64,65)66)38(29-15-9-6-10-16-29)53-44(60)30-17-11-7-12-18-30)22-50(63)43(70-45(61)31-19-13-8-14-20-31)41-48(5,42(59)39(58)37(27)47(50,3)4)33(55)21-34-49(41,25-67-34)71-28(2)54/h6-20,32-34,38-41,43,51,55,58,63H,21-26H2,1-5H3,(H,52,56)(H,53,60)(H,64,65,66)/p-1/t32-,33-,34+,38-,39+,40+,41?,43?,48+,49-,50+/m0/s1. The normalized spacial score (nSPS) is 29.2. The molecule has 3 fully saturated rings. The summed E-state index contributed by atoms with van der Waals surface area (Å²) in [5.74, 6) is -9.86. The summed E-state index contributed by atoms with van der Waals surface area (Å²) in [6, 6.07) is 21.7. The van der Waals surface area contributed by atoms with E-state index in [0.29, 0.717) is 0 Å². The van der Waals surface area contributed by atoms with Crippen LogP contribution in [-0.2, 0) is 57.8 Å². The smallest absolute Gasteiger partial charge is 0.350 e. The lowest BCUT2D eigenvalue weighted by Crippen LogP contribution is -2.81. The van der Waals surface area contributed by atoms with Crippen LogP contribution in [0.25, 0.3) is 0 Å². The second-order valence-corrected chi connectivity index (χ2v) is 20.5. The molecule has 72 heavy (non-hydrogen) atoms. The minimum atomic E-state index is -4.75. The number of benzene rings is 3. The number of aliphatic hydroxyl groups excluding tert-OH is 2. The Bertz CT molecular complexity index is 2740. The van der Waals surface area contributed by atoms with Crippen LogP contribution in [0.4, 0.5) is 0 Å². The van der Waals surface area contributed by atoms with Crippen molar-refractivity contribution in [1.29, 1.82) is 0 Å². The molecule has 2 bridgehead atoms. The molecular formula is C50H56N3O18S-. The van der Waals surface area contributed by atoms with Gasteiger partial charge in [-0.15, -0.1) is 0 Å². The Balaban J connectivity index is 1.33. The van der Waals surface area contributed by atoms with Gasteiger partial charge in [0, 0.05) is 30.7 Å². The van der Waals surface area contributed by atoms with E-state index in [1.165, 1.54) is 64.1 Å². The molecule has 21 nitrogen and oxygen atoms in total. The van der Waals surface area contributed by atoms with Crippen molar-refractivity contribution in [2.45, 2.75) is 101 Å². The highest BCUT2D eigenvalue weighted by molar-refractivity contribution is 7.85. The molecule has 3 aromatic carbocycles. The number of nitrogens with one attached hydrogen (secondary N) is 3. The number of fused-ring (bicyclic) bond motifs is 5. The van der Waals surface area contributed by atoms with Crippen molar-refractivity contribution in [2.75, 3.05) is 25.6 Å². The van der Waals surface area contributed by atoms with Gasteiger partial charge in [-0.3, -0.25) is 29.3 Å². The summed E-state index contributed by atoms with van der Waals surface area (Å²) in [5, 5.41) is 45.2. The topological polar surface area (TPSA) is 320 Å². The van der Waals surface area contributed by atoms with Crippen LogP contribution in [0.15, 0.2) is 102 Å². The van der Waals surface area contributed by atoms with Crippen LogP contribution in [0, 0.1) is 16.7 Å². The average Bonchev–Trinajstić information content (AvgIpc) is 3.33. The van der Waals surface area contributed by atoms with E-state index >= 15 is 9.59 Å². The van der Waals surface area contributed by atoms with Gasteiger partial charge in [-0.2, -0.15) is 0 Å². The molecule has 0 aromatic heterocycles. The maximum atomic E-state index is 15.2. The molecule has 2 unspecified atom stereocenters. The van der Waals surface area contributed by atoms with Crippen LogP contribution in [0.2, 0.25) is 0 Å². The number of aliphatic hydroxyl groups is 3. The van der Waals surface area contributed by atoms with Gasteiger partial charge < -0.3 is 54.2 Å². The molecule has 6 N–H and O–H groups in total. The molecule has 22 heteroatoms. The fraction of sp³-hybridized carbons (Fsp3) is 0.460. The molecule has 7 rings (SSSR count). The molecule has 1 aliphatic heterocycles. The number of carbonyl (C=O) groups is 7. The number of esters is 4. The van der Waals surface area contributed by atoms with Crippen molar-refractivity contribution in [1.82, 2.24) is 16.0 Å². The molecule has 3 aromatic rings. The number of Topliss-reactive ketones (excluding diaryl/α,β-unsaturated/α-hetero) is 1. The zero-order valence-electron chi connectivity index (χ0n) is 39.9. The van der Waals surface area contributed by atoms with Gasteiger partial charge in [0.25, 0.3) is 5.91 Å². The highest BCUT2D eigenvalue weighted by Gasteiger charge is 2.78. The van der Waals surface area contributed by atoms with Gasteiger partial charge in [-0.25, -0.2) is 18.0 Å². The number of hydrogen-bond donors (Lipinski definition) is 6. The molecule has 386 valence electrons. The molecule has 1 saturated heterocycles. The number of hydrogen-bond acceptors (Lipinski definition) is 19. The summed E-state index contributed by atoms with van der Waals surface area (Å²) >= 11 is 0. The third-order valence-corrected chi connectivity index (χ3v) is 15.0. The largest absolute Gasteiger partial charge is 0.747 e. The second-order valence-electron chi connectivity index (χ2n) is 19.1. The van der Waals surface area contributed by atoms with Crippen molar-refractivity contribution in [3.05, 3.63) is 119 Å². The zero-order valence-corrected chi connectivity index (χ0v) is 40.7. The molecule has 0 spiro atoms. The van der Waals surface area contributed by atoms with E-state index in [1.807, 2.05) is 0 Å². The predicted octanol–water partition coefficient (Wildman–Crippen LogP) is 0.924. The summed E-state index contributed by atoms with van der Waals surface area (Å²) in [6.07, 6.45) is -11.5. The van der Waals surface area contributed by atoms with Gasteiger partial charge in [0.05, 0.1) is 42.0 Å². The van der Waals surface area contributed by atoms with Gasteiger partial charge in [-0.05, 0) is 54.8 Å². The summed E-state index contributed by atoms with van der Waals surface area (Å²) < 4.78 is 63.3. The van der Waals surface area contributed by atoms with E-state index in [0.717, 1.165) is 6.92 Å². The molecule has 3 aliphatic carbocycles. The molecule has 11 atom stereocenters. The number of ether oxygens (including phenoxy) is 5. The van der Waals surface area contributed by atoms with Crippen LogP contribution in [0.1, 0.15) is 79.8 Å². The van der Waals surface area contributed by atoms with E-state index in [4.69, 9.17) is 23.7 Å². The van der Waals surface area contributed by atoms with Crippen molar-refractivity contribution < 1.29 is 85.5 Å². The molecule has 4 aliphatic rings. The van der Waals surface area contributed by atoms with E-state index in [-0.39, 0.29) is 40.9 Å². The Kier molecular flexibility index (Phi) is 15.3.